The van der Waals surface area contributed by atoms with E-state index >= 15 is 0 Å². The lowest BCUT2D eigenvalue weighted by molar-refractivity contribution is 0.0601. The second-order valence-electron chi connectivity index (χ2n) is 3.75. The molecule has 0 saturated heterocycles. The van der Waals surface area contributed by atoms with Gasteiger partial charge >= 0.3 is 5.97 Å². The summed E-state index contributed by atoms with van der Waals surface area (Å²) in [5, 5.41) is 0.142. The summed E-state index contributed by atoms with van der Waals surface area (Å²) in [5.74, 6) is -0.400. The molecule has 0 aliphatic carbocycles. The minimum atomic E-state index is -0.400. The molecule has 0 unspecified atom stereocenters. The normalized spacial score (nSPS) is 10.2. The maximum atomic E-state index is 11.7. The van der Waals surface area contributed by atoms with Gasteiger partial charge in [0.1, 0.15) is 0 Å². The maximum absolute atomic E-state index is 11.7. The van der Waals surface area contributed by atoms with Crippen molar-refractivity contribution >= 4 is 17.6 Å². The molecule has 0 aliphatic heterocycles. The van der Waals surface area contributed by atoms with Gasteiger partial charge in [-0.3, -0.25) is 0 Å². The van der Waals surface area contributed by atoms with Gasteiger partial charge in [-0.05, 0) is 30.7 Å². The van der Waals surface area contributed by atoms with Crippen LogP contribution >= 0.6 is 11.6 Å². The smallest absolute Gasteiger partial charge is 0.338 e. The molecular weight excluding hydrogens is 252 g/mol. The molecule has 18 heavy (non-hydrogen) atoms. The molecule has 0 saturated carbocycles. The number of halogens is 1. The highest BCUT2D eigenvalue weighted by Gasteiger charge is 2.14. The molecule has 0 bridgehead atoms. The summed E-state index contributed by atoms with van der Waals surface area (Å²) in [5.41, 5.74) is 2.71. The molecule has 4 nitrogen and oxygen atoms in total. The third-order valence-electron chi connectivity index (χ3n) is 2.48. The van der Waals surface area contributed by atoms with E-state index in [0.717, 1.165) is 5.56 Å². The van der Waals surface area contributed by atoms with Gasteiger partial charge in [0, 0.05) is 11.8 Å². The number of carbonyl (C=O) groups is 1. The summed E-state index contributed by atoms with van der Waals surface area (Å²) >= 11 is 5.75. The van der Waals surface area contributed by atoms with Crippen molar-refractivity contribution in [1.82, 2.24) is 9.97 Å². The number of ether oxygens (including phenoxy) is 1. The molecule has 92 valence electrons. The number of benzene rings is 1. The average Bonchev–Trinajstić information content (AvgIpc) is 2.37. The van der Waals surface area contributed by atoms with Crippen LogP contribution in [0.4, 0.5) is 0 Å². The topological polar surface area (TPSA) is 52.1 Å². The van der Waals surface area contributed by atoms with E-state index in [4.69, 9.17) is 16.3 Å². The van der Waals surface area contributed by atoms with Crippen LogP contribution in [0.25, 0.3) is 11.3 Å². The summed E-state index contributed by atoms with van der Waals surface area (Å²) in [6, 6.07) is 7.18. The fourth-order valence-electron chi connectivity index (χ4n) is 1.65. The molecule has 1 aromatic heterocycles. The molecule has 0 fully saturated rings. The van der Waals surface area contributed by atoms with E-state index in [-0.39, 0.29) is 5.28 Å². The van der Waals surface area contributed by atoms with E-state index in [1.165, 1.54) is 7.11 Å². The standard InChI is InChI=1S/C13H11ClN2O2/c1-8-3-4-9(10(7-8)12(17)18-2)11-5-6-15-13(14)16-11/h3-7H,1-2H3. The highest BCUT2D eigenvalue weighted by Crippen LogP contribution is 2.24. The van der Waals surface area contributed by atoms with E-state index in [2.05, 4.69) is 9.97 Å². The van der Waals surface area contributed by atoms with Gasteiger partial charge in [0.2, 0.25) is 5.28 Å². The zero-order chi connectivity index (χ0) is 13.1. The highest BCUT2D eigenvalue weighted by molar-refractivity contribution is 6.28. The van der Waals surface area contributed by atoms with Crippen LogP contribution in [-0.4, -0.2) is 23.0 Å². The number of aromatic nitrogens is 2. The molecule has 0 amide bonds. The summed E-state index contributed by atoms with van der Waals surface area (Å²) in [7, 11) is 1.35. The van der Waals surface area contributed by atoms with Crippen LogP contribution in [0.3, 0.4) is 0 Å². The number of rotatable bonds is 2. The van der Waals surface area contributed by atoms with Crippen LogP contribution in [0.1, 0.15) is 15.9 Å². The van der Waals surface area contributed by atoms with Gasteiger partial charge in [-0.25, -0.2) is 14.8 Å². The molecular formula is C13H11ClN2O2. The second kappa shape index (κ2) is 5.14. The number of nitrogens with zero attached hydrogens (tertiary/aromatic N) is 2. The Kier molecular flexibility index (Phi) is 3.58. The van der Waals surface area contributed by atoms with Crippen LogP contribution < -0.4 is 0 Å². The first kappa shape index (κ1) is 12.5. The average molecular weight is 263 g/mol. The van der Waals surface area contributed by atoms with Gasteiger partial charge in [-0.1, -0.05) is 17.7 Å². The third-order valence-corrected chi connectivity index (χ3v) is 2.66. The fraction of sp³-hybridized carbons (Fsp3) is 0.154. The summed E-state index contributed by atoms with van der Waals surface area (Å²) < 4.78 is 4.77. The Bertz CT molecular complexity index is 599. The van der Waals surface area contributed by atoms with E-state index in [0.29, 0.717) is 16.8 Å². The van der Waals surface area contributed by atoms with Gasteiger partial charge < -0.3 is 4.74 Å². The van der Waals surface area contributed by atoms with Crippen LogP contribution in [0, 0.1) is 6.92 Å². The highest BCUT2D eigenvalue weighted by atomic mass is 35.5. The Hall–Kier alpha value is -1.94. The second-order valence-corrected chi connectivity index (χ2v) is 4.09. The van der Waals surface area contributed by atoms with Gasteiger partial charge in [0.15, 0.2) is 0 Å². The summed E-state index contributed by atoms with van der Waals surface area (Å²) in [4.78, 5) is 19.7. The van der Waals surface area contributed by atoms with Crippen molar-refractivity contribution in [2.75, 3.05) is 7.11 Å². The lowest BCUT2D eigenvalue weighted by atomic mass is 10.0. The monoisotopic (exact) mass is 262 g/mol. The third kappa shape index (κ3) is 2.49. The van der Waals surface area contributed by atoms with Crippen molar-refractivity contribution in [3.05, 3.63) is 46.9 Å². The first-order valence-electron chi connectivity index (χ1n) is 5.29. The number of methoxy groups -OCH3 is 1. The first-order valence-corrected chi connectivity index (χ1v) is 5.67. The van der Waals surface area contributed by atoms with E-state index in [1.54, 1.807) is 18.3 Å². The van der Waals surface area contributed by atoms with Crippen molar-refractivity contribution in [3.63, 3.8) is 0 Å². The molecule has 2 rings (SSSR count). The van der Waals surface area contributed by atoms with Crippen LogP contribution in [0.5, 0.6) is 0 Å². The molecule has 5 heteroatoms. The predicted molar refractivity (Wildman–Crippen MR) is 68.6 cm³/mol. The number of hydrogen-bond donors (Lipinski definition) is 0. The largest absolute Gasteiger partial charge is 0.465 e. The Balaban J connectivity index is 2.60. The summed E-state index contributed by atoms with van der Waals surface area (Å²) in [6.07, 6.45) is 1.55. The SMILES string of the molecule is COC(=O)c1cc(C)ccc1-c1ccnc(Cl)n1. The quantitative estimate of drug-likeness (QED) is 0.617. The molecule has 2 aromatic rings. The molecule has 0 N–H and O–H groups in total. The van der Waals surface area contributed by atoms with Crippen molar-refractivity contribution in [3.8, 4) is 11.3 Å². The Morgan fingerprint density at radius 3 is 2.78 bits per heavy atom. The summed E-state index contributed by atoms with van der Waals surface area (Å²) in [6.45, 7) is 1.91. The molecule has 0 radical (unpaired) electrons. The van der Waals surface area contributed by atoms with Crippen molar-refractivity contribution < 1.29 is 9.53 Å². The Morgan fingerprint density at radius 2 is 2.11 bits per heavy atom. The van der Waals surface area contributed by atoms with E-state index < -0.39 is 5.97 Å². The predicted octanol–water partition coefficient (Wildman–Crippen LogP) is 2.89. The van der Waals surface area contributed by atoms with Crippen molar-refractivity contribution in [2.45, 2.75) is 6.92 Å². The molecule has 0 aliphatic rings. The number of esters is 1. The lowest BCUT2D eigenvalue weighted by Crippen LogP contribution is -2.04. The van der Waals surface area contributed by atoms with Gasteiger partial charge in [0.05, 0.1) is 18.4 Å². The van der Waals surface area contributed by atoms with Gasteiger partial charge in [-0.15, -0.1) is 0 Å². The minimum absolute atomic E-state index is 0.142. The Morgan fingerprint density at radius 1 is 1.33 bits per heavy atom. The molecule has 0 spiro atoms. The number of carbonyl (C=O) groups excluding carboxylic acids is 1. The van der Waals surface area contributed by atoms with E-state index in [9.17, 15) is 4.79 Å². The van der Waals surface area contributed by atoms with Crippen LogP contribution in [-0.2, 0) is 4.74 Å². The molecule has 0 atom stereocenters. The van der Waals surface area contributed by atoms with Gasteiger partial charge in [-0.2, -0.15) is 0 Å². The number of aryl methyl sites for hydroxylation is 1. The van der Waals surface area contributed by atoms with Crippen LogP contribution in [0.2, 0.25) is 5.28 Å². The Labute approximate surface area is 110 Å². The van der Waals surface area contributed by atoms with Crippen molar-refractivity contribution in [1.29, 1.82) is 0 Å². The molecule has 1 aromatic carbocycles. The fourth-order valence-corrected chi connectivity index (χ4v) is 1.79. The van der Waals surface area contributed by atoms with Crippen LogP contribution in [0.15, 0.2) is 30.5 Å². The maximum Gasteiger partial charge on any atom is 0.338 e. The van der Waals surface area contributed by atoms with Gasteiger partial charge in [0.25, 0.3) is 0 Å². The molecule has 1 heterocycles. The lowest BCUT2D eigenvalue weighted by Gasteiger charge is -2.08. The van der Waals surface area contributed by atoms with Crippen molar-refractivity contribution in [2.24, 2.45) is 0 Å². The zero-order valence-electron chi connectivity index (χ0n) is 9.98. The first-order chi connectivity index (χ1) is 8.61. The zero-order valence-corrected chi connectivity index (χ0v) is 10.7. The number of hydrogen-bond acceptors (Lipinski definition) is 4. The van der Waals surface area contributed by atoms with E-state index in [1.807, 2.05) is 19.1 Å². The minimum Gasteiger partial charge on any atom is -0.465 e.